The molecular weight excluding hydrogens is 396 g/mol. The minimum atomic E-state index is -0.362. The van der Waals surface area contributed by atoms with Crippen molar-refractivity contribution in [1.82, 2.24) is 29.4 Å². The topological polar surface area (TPSA) is 96.0 Å². The van der Waals surface area contributed by atoms with Crippen molar-refractivity contribution in [2.75, 3.05) is 20.3 Å². The molecule has 0 aliphatic heterocycles. The third-order valence-corrected chi connectivity index (χ3v) is 4.91. The van der Waals surface area contributed by atoms with Gasteiger partial charge < -0.3 is 14.6 Å². The maximum atomic E-state index is 13.4. The molecule has 0 saturated heterocycles. The van der Waals surface area contributed by atoms with E-state index < -0.39 is 0 Å². The number of para-hydroxylation sites is 1. The number of nitrogens with zero attached hydrogens (tertiary/aromatic N) is 5. The molecule has 0 aliphatic rings. The van der Waals surface area contributed by atoms with Gasteiger partial charge in [0, 0.05) is 32.7 Å². The monoisotopic (exact) mass is 420 g/mol. The van der Waals surface area contributed by atoms with E-state index in [1.165, 1.54) is 4.68 Å². The normalized spacial score (nSPS) is 11.2. The smallest absolute Gasteiger partial charge is 0.280 e. The summed E-state index contributed by atoms with van der Waals surface area (Å²) in [5.41, 5.74) is 1.54. The Morgan fingerprint density at radius 1 is 1.10 bits per heavy atom. The molecule has 1 amide bonds. The molecular formula is C22H24N6O3. The summed E-state index contributed by atoms with van der Waals surface area (Å²) in [5.74, 6) is 0.332. The lowest BCUT2D eigenvalue weighted by molar-refractivity contribution is -0.121. The summed E-state index contributed by atoms with van der Waals surface area (Å²) in [7, 11) is 1.61. The van der Waals surface area contributed by atoms with Crippen LogP contribution in [0.3, 0.4) is 0 Å². The molecule has 4 aromatic rings. The van der Waals surface area contributed by atoms with Crippen molar-refractivity contribution in [3.63, 3.8) is 0 Å². The van der Waals surface area contributed by atoms with E-state index in [9.17, 15) is 9.59 Å². The standard InChI is InChI=1S/C22H24N6O3/c1-16-20-19(22(30)27(24-16)15-18(29)23-11-8-14-31-2)21(26-12-6-7-13-26)28(25-20)17-9-4-3-5-10-17/h3-7,9-10,12-13H,8,11,14-15H2,1-2H3,(H,23,29). The van der Waals surface area contributed by atoms with E-state index in [1.807, 2.05) is 59.4 Å². The molecule has 9 nitrogen and oxygen atoms in total. The number of aromatic nitrogens is 5. The Kier molecular flexibility index (Phi) is 5.94. The van der Waals surface area contributed by atoms with Gasteiger partial charge in [0.05, 0.1) is 11.4 Å². The summed E-state index contributed by atoms with van der Waals surface area (Å²) in [4.78, 5) is 25.7. The van der Waals surface area contributed by atoms with Crippen molar-refractivity contribution in [2.45, 2.75) is 19.9 Å². The average Bonchev–Trinajstić information content (AvgIpc) is 3.43. The van der Waals surface area contributed by atoms with E-state index in [4.69, 9.17) is 9.84 Å². The summed E-state index contributed by atoms with van der Waals surface area (Å²) < 4.78 is 9.76. The van der Waals surface area contributed by atoms with Crippen molar-refractivity contribution in [2.24, 2.45) is 0 Å². The molecule has 3 aromatic heterocycles. The fourth-order valence-electron chi connectivity index (χ4n) is 3.47. The number of amides is 1. The van der Waals surface area contributed by atoms with E-state index >= 15 is 0 Å². The molecule has 9 heteroatoms. The van der Waals surface area contributed by atoms with Gasteiger partial charge in [-0.2, -0.15) is 10.2 Å². The van der Waals surface area contributed by atoms with Gasteiger partial charge in [0.1, 0.15) is 17.4 Å². The second kappa shape index (κ2) is 8.97. The molecule has 0 fully saturated rings. The Labute approximate surface area is 178 Å². The second-order valence-electron chi connectivity index (χ2n) is 7.13. The maximum absolute atomic E-state index is 13.4. The predicted octanol–water partition coefficient (Wildman–Crippen LogP) is 1.83. The number of rotatable bonds is 8. The largest absolute Gasteiger partial charge is 0.385 e. The van der Waals surface area contributed by atoms with Crippen LogP contribution in [0.4, 0.5) is 0 Å². The SMILES string of the molecule is COCCCNC(=O)Cn1nc(C)c2nn(-c3ccccc3)c(-n3cccc3)c2c1=O. The molecule has 0 atom stereocenters. The summed E-state index contributed by atoms with van der Waals surface area (Å²) in [6.45, 7) is 2.66. The zero-order valence-corrected chi connectivity index (χ0v) is 17.5. The lowest BCUT2D eigenvalue weighted by atomic mass is 10.2. The van der Waals surface area contributed by atoms with Gasteiger partial charge in [0.25, 0.3) is 5.56 Å². The van der Waals surface area contributed by atoms with Crippen LogP contribution in [0.5, 0.6) is 0 Å². The van der Waals surface area contributed by atoms with Crippen LogP contribution < -0.4 is 10.9 Å². The highest BCUT2D eigenvalue weighted by Gasteiger charge is 2.22. The van der Waals surface area contributed by atoms with Crippen LogP contribution in [-0.4, -0.2) is 50.3 Å². The molecule has 1 N–H and O–H groups in total. The number of benzene rings is 1. The number of hydrogen-bond acceptors (Lipinski definition) is 5. The molecule has 0 saturated carbocycles. The van der Waals surface area contributed by atoms with Gasteiger partial charge in [0.15, 0.2) is 5.82 Å². The van der Waals surface area contributed by atoms with Crippen molar-refractivity contribution in [1.29, 1.82) is 0 Å². The Morgan fingerprint density at radius 2 is 1.84 bits per heavy atom. The van der Waals surface area contributed by atoms with Crippen LogP contribution in [-0.2, 0) is 16.1 Å². The van der Waals surface area contributed by atoms with Crippen molar-refractivity contribution in [3.8, 4) is 11.5 Å². The van der Waals surface area contributed by atoms with E-state index in [2.05, 4.69) is 10.4 Å². The van der Waals surface area contributed by atoms with E-state index in [0.717, 1.165) is 5.69 Å². The van der Waals surface area contributed by atoms with Crippen LogP contribution in [0, 0.1) is 6.92 Å². The molecule has 0 radical (unpaired) electrons. The van der Waals surface area contributed by atoms with Crippen molar-refractivity contribution >= 4 is 16.8 Å². The molecule has 1 aromatic carbocycles. The number of ether oxygens (including phenoxy) is 1. The highest BCUT2D eigenvalue weighted by atomic mass is 16.5. The van der Waals surface area contributed by atoms with E-state index in [-0.39, 0.29) is 18.0 Å². The fraction of sp³-hybridized carbons (Fsp3) is 0.273. The second-order valence-corrected chi connectivity index (χ2v) is 7.13. The quantitative estimate of drug-likeness (QED) is 0.439. The van der Waals surface area contributed by atoms with Crippen molar-refractivity contribution in [3.05, 3.63) is 70.9 Å². The highest BCUT2D eigenvalue weighted by Crippen LogP contribution is 2.24. The summed E-state index contributed by atoms with van der Waals surface area (Å²) in [6.07, 6.45) is 4.42. The lowest BCUT2D eigenvalue weighted by Crippen LogP contribution is -2.34. The highest BCUT2D eigenvalue weighted by molar-refractivity contribution is 5.88. The number of carbonyl (C=O) groups is 1. The Balaban J connectivity index is 1.80. The number of aryl methyl sites for hydroxylation is 1. The summed E-state index contributed by atoms with van der Waals surface area (Å²) in [6, 6.07) is 13.4. The van der Waals surface area contributed by atoms with Gasteiger partial charge in [-0.1, -0.05) is 18.2 Å². The van der Waals surface area contributed by atoms with Crippen LogP contribution in [0.25, 0.3) is 22.4 Å². The minimum Gasteiger partial charge on any atom is -0.385 e. The number of hydrogen-bond donors (Lipinski definition) is 1. The fourth-order valence-corrected chi connectivity index (χ4v) is 3.47. The van der Waals surface area contributed by atoms with Crippen LogP contribution in [0.1, 0.15) is 12.1 Å². The van der Waals surface area contributed by atoms with Gasteiger partial charge in [0.2, 0.25) is 5.91 Å². The van der Waals surface area contributed by atoms with Gasteiger partial charge in [-0.3, -0.25) is 9.59 Å². The van der Waals surface area contributed by atoms with Gasteiger partial charge in [-0.25, -0.2) is 9.36 Å². The number of fused-ring (bicyclic) bond motifs is 1. The maximum Gasteiger partial charge on any atom is 0.280 e. The summed E-state index contributed by atoms with van der Waals surface area (Å²) >= 11 is 0. The molecule has 0 unspecified atom stereocenters. The predicted molar refractivity (Wildman–Crippen MR) is 117 cm³/mol. The van der Waals surface area contributed by atoms with Gasteiger partial charge >= 0.3 is 0 Å². The third kappa shape index (κ3) is 4.13. The number of methoxy groups -OCH3 is 1. The van der Waals surface area contributed by atoms with Gasteiger partial charge in [-0.15, -0.1) is 0 Å². The lowest BCUT2D eigenvalue weighted by Gasteiger charge is -2.09. The van der Waals surface area contributed by atoms with Crippen LogP contribution >= 0.6 is 0 Å². The first-order chi connectivity index (χ1) is 15.1. The van der Waals surface area contributed by atoms with Crippen LogP contribution in [0.2, 0.25) is 0 Å². The van der Waals surface area contributed by atoms with E-state index in [0.29, 0.717) is 42.0 Å². The van der Waals surface area contributed by atoms with Gasteiger partial charge in [-0.05, 0) is 37.6 Å². The molecule has 0 bridgehead atoms. The molecule has 0 spiro atoms. The molecule has 31 heavy (non-hydrogen) atoms. The van der Waals surface area contributed by atoms with Crippen LogP contribution in [0.15, 0.2) is 59.7 Å². The Hall–Kier alpha value is -3.72. The number of carbonyl (C=O) groups excluding carboxylic acids is 1. The van der Waals surface area contributed by atoms with E-state index in [1.54, 1.807) is 18.7 Å². The molecule has 160 valence electrons. The molecule has 3 heterocycles. The summed E-state index contributed by atoms with van der Waals surface area (Å²) in [5, 5.41) is 12.2. The van der Waals surface area contributed by atoms with Crippen molar-refractivity contribution < 1.29 is 9.53 Å². The first-order valence-electron chi connectivity index (χ1n) is 10.0. The Morgan fingerprint density at radius 3 is 2.55 bits per heavy atom. The number of nitrogens with one attached hydrogen (secondary N) is 1. The molecule has 0 aliphatic carbocycles. The average molecular weight is 420 g/mol. The minimum absolute atomic E-state index is 0.162. The zero-order chi connectivity index (χ0) is 21.8. The third-order valence-electron chi connectivity index (χ3n) is 4.91. The molecule has 4 rings (SSSR count). The zero-order valence-electron chi connectivity index (χ0n) is 17.5. The Bertz CT molecular complexity index is 1240. The first-order valence-corrected chi connectivity index (χ1v) is 10.0. The first kappa shape index (κ1) is 20.5.